The Labute approximate surface area is 141 Å². The van der Waals surface area contributed by atoms with E-state index in [-0.39, 0.29) is 17.3 Å². The highest BCUT2D eigenvalue weighted by atomic mass is 32.1. The Bertz CT molecular complexity index is 909. The molecule has 0 bridgehead atoms. The molecule has 0 radical (unpaired) electrons. The molecule has 2 aromatic heterocycles. The third-order valence-electron chi connectivity index (χ3n) is 3.10. The molecule has 0 aliphatic rings. The molecular formula is C14H15N7O2S. The molecular weight excluding hydrogens is 330 g/mol. The summed E-state index contributed by atoms with van der Waals surface area (Å²) in [6, 6.07) is 5.91. The number of nitrogens with one attached hydrogen (secondary N) is 2. The number of thiazole rings is 1. The fraction of sp³-hybridized carbons (Fsp3) is 0.214. The third-order valence-corrected chi connectivity index (χ3v) is 4.04. The Kier molecular flexibility index (Phi) is 4.23. The van der Waals surface area contributed by atoms with Crippen LogP contribution in [0.25, 0.3) is 10.2 Å². The topological polar surface area (TPSA) is 109 Å². The maximum atomic E-state index is 11.4. The Morgan fingerprint density at radius 1 is 1.25 bits per heavy atom. The first-order valence-corrected chi connectivity index (χ1v) is 7.83. The fourth-order valence-corrected chi connectivity index (χ4v) is 3.09. The van der Waals surface area contributed by atoms with E-state index in [4.69, 9.17) is 0 Å². The molecule has 9 nitrogen and oxygen atoms in total. The van der Waals surface area contributed by atoms with Crippen LogP contribution in [0.3, 0.4) is 0 Å². The van der Waals surface area contributed by atoms with E-state index < -0.39 is 4.92 Å². The van der Waals surface area contributed by atoms with E-state index in [9.17, 15) is 10.1 Å². The highest BCUT2D eigenvalue weighted by Crippen LogP contribution is 2.34. The van der Waals surface area contributed by atoms with E-state index in [2.05, 4.69) is 25.7 Å². The SMILES string of the molecule is Cc1ccc2nc(Nc3ncnc(NN(C)C)c3[N+](=O)[O-])sc2c1. The molecule has 0 saturated heterocycles. The van der Waals surface area contributed by atoms with Crippen LogP contribution in [0.2, 0.25) is 0 Å². The van der Waals surface area contributed by atoms with Crippen molar-refractivity contribution in [1.82, 2.24) is 20.0 Å². The van der Waals surface area contributed by atoms with Gasteiger partial charge in [0.2, 0.25) is 11.6 Å². The third kappa shape index (κ3) is 3.24. The quantitative estimate of drug-likeness (QED) is 0.536. The lowest BCUT2D eigenvalue weighted by atomic mass is 10.2. The van der Waals surface area contributed by atoms with Crippen LogP contribution in [0, 0.1) is 17.0 Å². The van der Waals surface area contributed by atoms with Gasteiger partial charge in [0.25, 0.3) is 0 Å². The number of nitro groups is 1. The molecule has 0 spiro atoms. The number of anilines is 3. The standard InChI is InChI=1S/C14H15N7O2S/c1-8-4-5-9-10(6-8)24-14(17-9)18-12-11(21(22)23)13(16-7-15-12)19-20(2)3/h4-7H,1-3H3,(H2,15,16,17,18,19). The van der Waals surface area contributed by atoms with Gasteiger partial charge in [-0.2, -0.15) is 0 Å². The van der Waals surface area contributed by atoms with Crippen LogP contribution in [-0.2, 0) is 0 Å². The average molecular weight is 345 g/mol. The molecule has 3 rings (SSSR count). The van der Waals surface area contributed by atoms with E-state index >= 15 is 0 Å². The van der Waals surface area contributed by atoms with Crippen molar-refractivity contribution in [3.8, 4) is 0 Å². The van der Waals surface area contributed by atoms with Crippen LogP contribution >= 0.6 is 11.3 Å². The summed E-state index contributed by atoms with van der Waals surface area (Å²) in [5, 5.41) is 16.5. The van der Waals surface area contributed by atoms with Crippen LogP contribution in [0.15, 0.2) is 24.5 Å². The smallest absolute Gasteiger partial charge is 0.310 e. The number of hydrogen-bond donors (Lipinski definition) is 2. The van der Waals surface area contributed by atoms with Gasteiger partial charge in [0, 0.05) is 14.1 Å². The van der Waals surface area contributed by atoms with Crippen molar-refractivity contribution in [3.63, 3.8) is 0 Å². The zero-order chi connectivity index (χ0) is 17.3. The maximum Gasteiger partial charge on any atom is 0.354 e. The van der Waals surface area contributed by atoms with Crippen molar-refractivity contribution >= 4 is 44.0 Å². The minimum Gasteiger partial charge on any atom is -0.310 e. The second kappa shape index (κ2) is 6.34. The summed E-state index contributed by atoms with van der Waals surface area (Å²) in [5.41, 5.74) is 4.52. The van der Waals surface area contributed by atoms with Gasteiger partial charge in [0.05, 0.1) is 15.1 Å². The molecule has 0 aliphatic carbocycles. The Morgan fingerprint density at radius 3 is 2.71 bits per heavy atom. The molecule has 124 valence electrons. The van der Waals surface area contributed by atoms with Crippen molar-refractivity contribution in [3.05, 3.63) is 40.2 Å². The molecule has 0 aliphatic heterocycles. The fourth-order valence-electron chi connectivity index (χ4n) is 2.12. The van der Waals surface area contributed by atoms with Gasteiger partial charge < -0.3 is 5.32 Å². The van der Waals surface area contributed by atoms with E-state index in [0.717, 1.165) is 15.8 Å². The minimum absolute atomic E-state index is 0.0927. The number of fused-ring (bicyclic) bond motifs is 1. The maximum absolute atomic E-state index is 11.4. The van der Waals surface area contributed by atoms with Crippen molar-refractivity contribution in [2.24, 2.45) is 0 Å². The molecule has 24 heavy (non-hydrogen) atoms. The van der Waals surface area contributed by atoms with Crippen LogP contribution < -0.4 is 10.7 Å². The normalized spacial score (nSPS) is 11.0. The largest absolute Gasteiger partial charge is 0.354 e. The molecule has 0 amide bonds. The van der Waals surface area contributed by atoms with Gasteiger partial charge in [-0.3, -0.25) is 15.5 Å². The van der Waals surface area contributed by atoms with Crippen molar-refractivity contribution in [2.75, 3.05) is 24.8 Å². The van der Waals surface area contributed by atoms with Gasteiger partial charge in [-0.05, 0) is 24.6 Å². The lowest BCUT2D eigenvalue weighted by molar-refractivity contribution is -0.383. The lowest BCUT2D eigenvalue weighted by Gasteiger charge is -2.13. The van der Waals surface area contributed by atoms with Crippen molar-refractivity contribution < 1.29 is 4.92 Å². The summed E-state index contributed by atoms with van der Waals surface area (Å²) < 4.78 is 1.00. The Morgan fingerprint density at radius 2 is 2.00 bits per heavy atom. The second-order valence-electron chi connectivity index (χ2n) is 5.30. The molecule has 0 saturated carbocycles. The summed E-state index contributed by atoms with van der Waals surface area (Å²) in [6.07, 6.45) is 1.26. The van der Waals surface area contributed by atoms with Gasteiger partial charge in [0.15, 0.2) is 5.13 Å². The van der Waals surface area contributed by atoms with Crippen molar-refractivity contribution in [2.45, 2.75) is 6.92 Å². The monoisotopic (exact) mass is 345 g/mol. The number of nitrogens with zero attached hydrogens (tertiary/aromatic N) is 5. The van der Waals surface area contributed by atoms with Crippen LogP contribution in [0.4, 0.5) is 22.5 Å². The van der Waals surface area contributed by atoms with Crippen LogP contribution in [-0.4, -0.2) is 39.0 Å². The van der Waals surface area contributed by atoms with Gasteiger partial charge in [0.1, 0.15) is 6.33 Å². The minimum atomic E-state index is -0.522. The van der Waals surface area contributed by atoms with Gasteiger partial charge in [-0.25, -0.2) is 20.0 Å². The zero-order valence-corrected chi connectivity index (χ0v) is 14.1. The van der Waals surface area contributed by atoms with Crippen molar-refractivity contribution in [1.29, 1.82) is 0 Å². The summed E-state index contributed by atoms with van der Waals surface area (Å²) in [6.45, 7) is 2.00. The average Bonchev–Trinajstić information content (AvgIpc) is 2.87. The van der Waals surface area contributed by atoms with E-state index in [1.165, 1.54) is 17.7 Å². The molecule has 1 aromatic carbocycles. The molecule has 0 unspecified atom stereocenters. The number of aromatic nitrogens is 3. The summed E-state index contributed by atoms with van der Waals surface area (Å²) >= 11 is 1.41. The van der Waals surface area contributed by atoms with Gasteiger partial charge >= 0.3 is 5.69 Å². The number of hydrogen-bond acceptors (Lipinski definition) is 9. The second-order valence-corrected chi connectivity index (χ2v) is 6.33. The van der Waals surface area contributed by atoms with Gasteiger partial charge in [-0.15, -0.1) is 0 Å². The summed E-state index contributed by atoms with van der Waals surface area (Å²) in [4.78, 5) is 23.3. The molecule has 0 fully saturated rings. The first-order valence-electron chi connectivity index (χ1n) is 7.01. The molecule has 3 aromatic rings. The molecule has 2 N–H and O–H groups in total. The van der Waals surface area contributed by atoms with E-state index in [1.807, 2.05) is 25.1 Å². The highest BCUT2D eigenvalue weighted by molar-refractivity contribution is 7.22. The molecule has 2 heterocycles. The number of hydrazine groups is 1. The number of aryl methyl sites for hydroxylation is 1. The van der Waals surface area contributed by atoms with Gasteiger partial charge in [-0.1, -0.05) is 17.4 Å². The summed E-state index contributed by atoms with van der Waals surface area (Å²) in [7, 11) is 3.43. The Hall–Kier alpha value is -2.85. The summed E-state index contributed by atoms with van der Waals surface area (Å²) in [5.74, 6) is 0.203. The van der Waals surface area contributed by atoms with E-state index in [0.29, 0.717) is 5.13 Å². The molecule has 0 atom stereocenters. The Balaban J connectivity index is 2.00. The van der Waals surface area contributed by atoms with Crippen LogP contribution in [0.1, 0.15) is 5.56 Å². The number of rotatable bonds is 5. The predicted octanol–water partition coefficient (Wildman–Crippen LogP) is 2.94. The van der Waals surface area contributed by atoms with Crippen LogP contribution in [0.5, 0.6) is 0 Å². The zero-order valence-electron chi connectivity index (χ0n) is 13.3. The first-order chi connectivity index (χ1) is 11.4. The van der Waals surface area contributed by atoms with E-state index in [1.54, 1.807) is 19.1 Å². The molecule has 10 heteroatoms. The number of benzene rings is 1. The first kappa shape index (κ1) is 16.0. The predicted molar refractivity (Wildman–Crippen MR) is 93.6 cm³/mol. The lowest BCUT2D eigenvalue weighted by Crippen LogP contribution is -2.21. The highest BCUT2D eigenvalue weighted by Gasteiger charge is 2.24.